The first-order chi connectivity index (χ1) is 9.74. The van der Waals surface area contributed by atoms with E-state index in [4.69, 9.17) is 5.73 Å². The molecule has 1 aliphatic rings. The molecule has 3 nitrogen and oxygen atoms in total. The van der Waals surface area contributed by atoms with E-state index in [-0.39, 0.29) is 0 Å². The first kappa shape index (κ1) is 15.5. The fourth-order valence-corrected chi connectivity index (χ4v) is 2.95. The Hall–Kier alpha value is -0.900. The molecule has 0 saturated heterocycles. The Balaban J connectivity index is 1.54. The molecule has 0 atom stereocenters. The lowest BCUT2D eigenvalue weighted by atomic mass is 9.92. The van der Waals surface area contributed by atoms with E-state index in [0.29, 0.717) is 12.1 Å². The van der Waals surface area contributed by atoms with Crippen LogP contribution in [0.2, 0.25) is 0 Å². The molecule has 0 bridgehead atoms. The lowest BCUT2D eigenvalue weighted by Gasteiger charge is -2.27. The van der Waals surface area contributed by atoms with Crippen molar-refractivity contribution in [1.29, 1.82) is 0 Å². The van der Waals surface area contributed by atoms with Gasteiger partial charge in [-0.15, -0.1) is 0 Å². The first-order valence-electron chi connectivity index (χ1n) is 7.95. The van der Waals surface area contributed by atoms with Crippen LogP contribution in [-0.4, -0.2) is 37.1 Å². The highest BCUT2D eigenvalue weighted by Gasteiger charge is 2.17. The normalized spacial score (nSPS) is 23.1. The van der Waals surface area contributed by atoms with Crippen LogP contribution < -0.4 is 11.1 Å². The molecule has 1 fully saturated rings. The van der Waals surface area contributed by atoms with Crippen molar-refractivity contribution in [3.63, 3.8) is 0 Å². The number of nitrogens with one attached hydrogen (secondary N) is 1. The summed E-state index contributed by atoms with van der Waals surface area (Å²) in [6.45, 7) is 3.31. The van der Waals surface area contributed by atoms with Crippen molar-refractivity contribution >= 4 is 0 Å². The van der Waals surface area contributed by atoms with Crippen LogP contribution >= 0.6 is 0 Å². The summed E-state index contributed by atoms with van der Waals surface area (Å²) in [5, 5.41) is 3.68. The smallest absolute Gasteiger partial charge is 0.0230 e. The van der Waals surface area contributed by atoms with Crippen LogP contribution in [0.3, 0.4) is 0 Å². The lowest BCUT2D eigenvalue weighted by molar-refractivity contribution is 0.302. The molecule has 3 N–H and O–H groups in total. The second-order valence-electron chi connectivity index (χ2n) is 6.14. The Morgan fingerprint density at radius 2 is 1.85 bits per heavy atom. The Morgan fingerprint density at radius 1 is 1.15 bits per heavy atom. The molecule has 3 heteroatoms. The van der Waals surface area contributed by atoms with Crippen molar-refractivity contribution < 1.29 is 0 Å². The van der Waals surface area contributed by atoms with Gasteiger partial charge in [0.1, 0.15) is 0 Å². The highest BCUT2D eigenvalue weighted by Crippen LogP contribution is 2.16. The molecule has 2 rings (SSSR count). The lowest BCUT2D eigenvalue weighted by Crippen LogP contribution is -2.38. The Bertz CT molecular complexity index is 358. The average molecular weight is 275 g/mol. The molecule has 1 aromatic rings. The van der Waals surface area contributed by atoms with Gasteiger partial charge >= 0.3 is 0 Å². The van der Waals surface area contributed by atoms with Crippen molar-refractivity contribution in [1.82, 2.24) is 10.2 Å². The standard InChI is InChI=1S/C17H29N3/c1-20(14-15-6-3-2-4-7-15)13-5-12-19-17-10-8-16(18)9-11-17/h2-4,6-7,16-17,19H,5,8-14,18H2,1H3. The second kappa shape index (κ2) is 8.40. The van der Waals surface area contributed by atoms with Crippen LogP contribution in [-0.2, 0) is 6.54 Å². The van der Waals surface area contributed by atoms with E-state index in [1.54, 1.807) is 0 Å². The minimum atomic E-state index is 0.449. The molecule has 0 aromatic heterocycles. The minimum absolute atomic E-state index is 0.449. The molecule has 0 amide bonds. The van der Waals surface area contributed by atoms with Crippen LogP contribution in [0.1, 0.15) is 37.7 Å². The van der Waals surface area contributed by atoms with E-state index >= 15 is 0 Å². The van der Waals surface area contributed by atoms with Crippen LogP contribution in [0.15, 0.2) is 30.3 Å². The molecule has 0 unspecified atom stereocenters. The van der Waals surface area contributed by atoms with Gasteiger partial charge in [-0.3, -0.25) is 0 Å². The highest BCUT2D eigenvalue weighted by molar-refractivity contribution is 5.14. The number of nitrogens with two attached hydrogens (primary N) is 1. The van der Waals surface area contributed by atoms with Gasteiger partial charge < -0.3 is 16.0 Å². The quantitative estimate of drug-likeness (QED) is 0.751. The van der Waals surface area contributed by atoms with E-state index in [1.807, 2.05) is 0 Å². The van der Waals surface area contributed by atoms with Gasteiger partial charge in [0.05, 0.1) is 0 Å². The van der Waals surface area contributed by atoms with Crippen LogP contribution in [0.25, 0.3) is 0 Å². The Kier molecular flexibility index (Phi) is 6.51. The summed E-state index contributed by atoms with van der Waals surface area (Å²) in [6, 6.07) is 11.8. The van der Waals surface area contributed by atoms with E-state index in [1.165, 1.54) is 37.7 Å². The maximum Gasteiger partial charge on any atom is 0.0230 e. The first-order valence-corrected chi connectivity index (χ1v) is 7.95. The van der Waals surface area contributed by atoms with E-state index < -0.39 is 0 Å². The highest BCUT2D eigenvalue weighted by atomic mass is 15.1. The summed E-state index contributed by atoms with van der Waals surface area (Å²) < 4.78 is 0. The molecule has 20 heavy (non-hydrogen) atoms. The maximum absolute atomic E-state index is 5.93. The van der Waals surface area contributed by atoms with Gasteiger partial charge in [0.25, 0.3) is 0 Å². The zero-order valence-corrected chi connectivity index (χ0v) is 12.7. The monoisotopic (exact) mass is 275 g/mol. The fourth-order valence-electron chi connectivity index (χ4n) is 2.95. The number of hydrogen-bond donors (Lipinski definition) is 2. The van der Waals surface area contributed by atoms with Gasteiger partial charge in [0, 0.05) is 18.6 Å². The van der Waals surface area contributed by atoms with E-state index in [2.05, 4.69) is 47.6 Å². The molecule has 1 aromatic carbocycles. The molecule has 112 valence electrons. The third-order valence-electron chi connectivity index (χ3n) is 4.22. The number of hydrogen-bond acceptors (Lipinski definition) is 3. The van der Waals surface area contributed by atoms with Crippen molar-refractivity contribution in [2.75, 3.05) is 20.1 Å². The minimum Gasteiger partial charge on any atom is -0.328 e. The number of rotatable bonds is 7. The van der Waals surface area contributed by atoms with Crippen molar-refractivity contribution in [3.8, 4) is 0 Å². The molecule has 1 saturated carbocycles. The summed E-state index contributed by atoms with van der Waals surface area (Å²) in [6.07, 6.45) is 6.09. The van der Waals surface area contributed by atoms with Crippen molar-refractivity contribution in [3.05, 3.63) is 35.9 Å². The molecular formula is C17H29N3. The Morgan fingerprint density at radius 3 is 2.55 bits per heavy atom. The zero-order valence-electron chi connectivity index (χ0n) is 12.7. The number of benzene rings is 1. The summed E-state index contributed by atoms with van der Waals surface area (Å²) in [5.41, 5.74) is 7.32. The Labute approximate surface area is 123 Å². The average Bonchev–Trinajstić information content (AvgIpc) is 2.46. The topological polar surface area (TPSA) is 41.3 Å². The second-order valence-corrected chi connectivity index (χ2v) is 6.14. The molecular weight excluding hydrogens is 246 g/mol. The fraction of sp³-hybridized carbons (Fsp3) is 0.647. The predicted molar refractivity (Wildman–Crippen MR) is 85.6 cm³/mol. The van der Waals surface area contributed by atoms with Gasteiger partial charge in [-0.1, -0.05) is 30.3 Å². The predicted octanol–water partition coefficient (Wildman–Crippen LogP) is 2.37. The summed E-state index contributed by atoms with van der Waals surface area (Å²) in [4.78, 5) is 2.40. The van der Waals surface area contributed by atoms with E-state index in [9.17, 15) is 0 Å². The summed E-state index contributed by atoms with van der Waals surface area (Å²) >= 11 is 0. The maximum atomic E-state index is 5.93. The van der Waals surface area contributed by atoms with Gasteiger partial charge in [0.15, 0.2) is 0 Å². The SMILES string of the molecule is CN(CCCNC1CCC(N)CC1)Cc1ccccc1. The zero-order chi connectivity index (χ0) is 14.2. The third-order valence-corrected chi connectivity index (χ3v) is 4.22. The van der Waals surface area contributed by atoms with Crippen LogP contribution in [0, 0.1) is 0 Å². The van der Waals surface area contributed by atoms with Gasteiger partial charge in [0.2, 0.25) is 0 Å². The summed E-state index contributed by atoms with van der Waals surface area (Å²) in [7, 11) is 2.20. The molecule has 1 aliphatic carbocycles. The molecule has 0 radical (unpaired) electrons. The molecule has 0 heterocycles. The van der Waals surface area contributed by atoms with Gasteiger partial charge in [-0.25, -0.2) is 0 Å². The van der Waals surface area contributed by atoms with Gasteiger partial charge in [-0.2, -0.15) is 0 Å². The van der Waals surface area contributed by atoms with Crippen LogP contribution in [0.5, 0.6) is 0 Å². The van der Waals surface area contributed by atoms with Crippen molar-refractivity contribution in [2.24, 2.45) is 5.73 Å². The number of nitrogens with zero attached hydrogens (tertiary/aromatic N) is 1. The van der Waals surface area contributed by atoms with Crippen molar-refractivity contribution in [2.45, 2.75) is 50.7 Å². The molecule has 0 aliphatic heterocycles. The van der Waals surface area contributed by atoms with Crippen LogP contribution in [0.4, 0.5) is 0 Å². The van der Waals surface area contributed by atoms with Gasteiger partial charge in [-0.05, 0) is 57.8 Å². The third kappa shape index (κ3) is 5.61. The largest absolute Gasteiger partial charge is 0.328 e. The summed E-state index contributed by atoms with van der Waals surface area (Å²) in [5.74, 6) is 0. The molecule has 0 spiro atoms. The van der Waals surface area contributed by atoms with E-state index in [0.717, 1.165) is 19.6 Å².